The molecule has 0 saturated carbocycles. The van der Waals surface area contributed by atoms with Crippen LogP contribution in [-0.2, 0) is 9.59 Å². The lowest BCUT2D eigenvalue weighted by molar-refractivity contribution is -0.129. The van der Waals surface area contributed by atoms with Crippen LogP contribution in [0.1, 0.15) is 5.56 Å². The standard InChI is InChI=1S/C19H19ClN2O3/c1-22(13-18(23)21-16-9-5-4-8-15(16)20)19(24)12-11-14-7-3-6-10-17(14)25-2/h3-12H,13H2,1-2H3,(H,21,23)/b12-11+. The number of anilines is 1. The molecule has 2 aromatic rings. The van der Waals surface area contributed by atoms with E-state index in [0.29, 0.717) is 16.5 Å². The van der Waals surface area contributed by atoms with E-state index in [2.05, 4.69) is 5.32 Å². The summed E-state index contributed by atoms with van der Waals surface area (Å²) in [6.45, 7) is -0.0830. The van der Waals surface area contributed by atoms with Crippen LogP contribution < -0.4 is 10.1 Å². The van der Waals surface area contributed by atoms with Gasteiger partial charge < -0.3 is 15.0 Å². The number of rotatable bonds is 6. The summed E-state index contributed by atoms with van der Waals surface area (Å²) < 4.78 is 5.23. The van der Waals surface area contributed by atoms with Crippen LogP contribution in [0.25, 0.3) is 6.08 Å². The summed E-state index contributed by atoms with van der Waals surface area (Å²) in [5.41, 5.74) is 1.30. The lowest BCUT2D eigenvalue weighted by Gasteiger charge is -2.15. The fraction of sp³-hybridized carbons (Fsp3) is 0.158. The van der Waals surface area contributed by atoms with E-state index in [4.69, 9.17) is 16.3 Å². The highest BCUT2D eigenvalue weighted by Gasteiger charge is 2.12. The van der Waals surface area contributed by atoms with Gasteiger partial charge in [-0.1, -0.05) is 41.9 Å². The number of para-hydroxylation sites is 2. The molecule has 0 aliphatic heterocycles. The second-order valence-corrected chi connectivity index (χ2v) is 5.70. The normalized spacial score (nSPS) is 10.5. The van der Waals surface area contributed by atoms with Crippen LogP contribution in [0.4, 0.5) is 5.69 Å². The Kier molecular flexibility index (Phi) is 6.60. The second-order valence-electron chi connectivity index (χ2n) is 5.30. The number of likely N-dealkylation sites (N-methyl/N-ethyl adjacent to an activating group) is 1. The van der Waals surface area contributed by atoms with Gasteiger partial charge in [0.05, 0.1) is 24.4 Å². The van der Waals surface area contributed by atoms with Crippen molar-refractivity contribution in [3.8, 4) is 5.75 Å². The van der Waals surface area contributed by atoms with E-state index < -0.39 is 0 Å². The highest BCUT2D eigenvalue weighted by molar-refractivity contribution is 6.33. The first kappa shape index (κ1) is 18.5. The molecule has 0 heterocycles. The molecule has 0 fully saturated rings. The van der Waals surface area contributed by atoms with E-state index in [1.54, 1.807) is 44.5 Å². The summed E-state index contributed by atoms with van der Waals surface area (Å²) >= 11 is 6.00. The Hall–Kier alpha value is -2.79. The number of benzene rings is 2. The largest absolute Gasteiger partial charge is 0.496 e. The van der Waals surface area contributed by atoms with E-state index in [-0.39, 0.29) is 18.4 Å². The fourth-order valence-electron chi connectivity index (χ4n) is 2.14. The summed E-state index contributed by atoms with van der Waals surface area (Å²) in [5, 5.41) is 3.12. The first-order valence-electron chi connectivity index (χ1n) is 7.62. The minimum absolute atomic E-state index is 0.0830. The number of carbonyl (C=O) groups is 2. The van der Waals surface area contributed by atoms with Gasteiger partial charge in [-0.3, -0.25) is 9.59 Å². The third-order valence-electron chi connectivity index (χ3n) is 3.45. The van der Waals surface area contributed by atoms with Crippen LogP contribution in [0.2, 0.25) is 5.02 Å². The zero-order valence-corrected chi connectivity index (χ0v) is 14.8. The van der Waals surface area contributed by atoms with E-state index >= 15 is 0 Å². The molecule has 2 amide bonds. The summed E-state index contributed by atoms with van der Waals surface area (Å²) in [6, 6.07) is 14.3. The monoisotopic (exact) mass is 358 g/mol. The lowest BCUT2D eigenvalue weighted by Crippen LogP contribution is -2.33. The smallest absolute Gasteiger partial charge is 0.246 e. The van der Waals surface area contributed by atoms with Crippen molar-refractivity contribution in [1.29, 1.82) is 0 Å². The van der Waals surface area contributed by atoms with Crippen LogP contribution in [-0.4, -0.2) is 37.4 Å². The number of halogens is 1. The maximum absolute atomic E-state index is 12.2. The van der Waals surface area contributed by atoms with E-state index in [1.165, 1.54) is 11.0 Å². The predicted octanol–water partition coefficient (Wildman–Crippen LogP) is 3.46. The molecule has 0 radical (unpaired) electrons. The van der Waals surface area contributed by atoms with Crippen molar-refractivity contribution < 1.29 is 14.3 Å². The molecule has 0 aliphatic rings. The SMILES string of the molecule is COc1ccccc1/C=C/C(=O)N(C)CC(=O)Nc1ccccc1Cl. The number of carbonyl (C=O) groups excluding carboxylic acids is 2. The number of methoxy groups -OCH3 is 1. The molecule has 130 valence electrons. The first-order valence-corrected chi connectivity index (χ1v) is 7.99. The lowest BCUT2D eigenvalue weighted by atomic mass is 10.2. The zero-order valence-electron chi connectivity index (χ0n) is 14.0. The molecule has 0 saturated heterocycles. The topological polar surface area (TPSA) is 58.6 Å². The molecule has 0 spiro atoms. The minimum atomic E-state index is -0.324. The molecule has 1 N–H and O–H groups in total. The van der Waals surface area contributed by atoms with Crippen molar-refractivity contribution in [3.05, 3.63) is 65.2 Å². The van der Waals surface area contributed by atoms with Gasteiger partial charge in [0.1, 0.15) is 5.75 Å². The van der Waals surface area contributed by atoms with Crippen molar-refractivity contribution in [3.63, 3.8) is 0 Å². The van der Waals surface area contributed by atoms with Gasteiger partial charge in [-0.15, -0.1) is 0 Å². The van der Waals surface area contributed by atoms with E-state index in [0.717, 1.165) is 5.56 Å². The number of nitrogens with zero attached hydrogens (tertiary/aromatic N) is 1. The number of nitrogens with one attached hydrogen (secondary N) is 1. The average molecular weight is 359 g/mol. The van der Waals surface area contributed by atoms with E-state index in [1.807, 2.05) is 24.3 Å². The zero-order chi connectivity index (χ0) is 18.2. The Morgan fingerprint density at radius 1 is 1.16 bits per heavy atom. The highest BCUT2D eigenvalue weighted by Crippen LogP contribution is 2.20. The van der Waals surface area contributed by atoms with Gasteiger partial charge >= 0.3 is 0 Å². The van der Waals surface area contributed by atoms with Crippen LogP contribution in [0.5, 0.6) is 5.75 Å². The number of ether oxygens (including phenoxy) is 1. The Labute approximate surface area is 151 Å². The van der Waals surface area contributed by atoms with Crippen molar-refractivity contribution >= 4 is 35.2 Å². The Bertz CT molecular complexity index is 790. The summed E-state index contributed by atoms with van der Waals surface area (Å²) in [5.74, 6) is 0.0560. The molecule has 0 aliphatic carbocycles. The van der Waals surface area contributed by atoms with Gasteiger partial charge in [0.15, 0.2) is 0 Å². The van der Waals surface area contributed by atoms with Crippen molar-refractivity contribution in [2.75, 3.05) is 26.0 Å². The summed E-state index contributed by atoms with van der Waals surface area (Å²) in [4.78, 5) is 25.5. The van der Waals surface area contributed by atoms with Crippen LogP contribution in [0.15, 0.2) is 54.6 Å². The average Bonchev–Trinajstić information content (AvgIpc) is 2.61. The fourth-order valence-corrected chi connectivity index (χ4v) is 2.32. The quantitative estimate of drug-likeness (QED) is 0.804. The highest BCUT2D eigenvalue weighted by atomic mass is 35.5. The molecule has 6 heteroatoms. The molecular formula is C19H19ClN2O3. The first-order chi connectivity index (χ1) is 12.0. The molecule has 0 unspecified atom stereocenters. The molecule has 0 atom stereocenters. The maximum Gasteiger partial charge on any atom is 0.246 e. The molecule has 2 rings (SSSR count). The molecule has 0 aromatic heterocycles. The molecule has 25 heavy (non-hydrogen) atoms. The summed E-state index contributed by atoms with van der Waals surface area (Å²) in [6.07, 6.45) is 3.06. The van der Waals surface area contributed by atoms with Gasteiger partial charge in [-0.2, -0.15) is 0 Å². The third-order valence-corrected chi connectivity index (χ3v) is 3.78. The van der Waals surface area contributed by atoms with Gasteiger partial charge in [-0.05, 0) is 24.3 Å². The van der Waals surface area contributed by atoms with Crippen LogP contribution in [0.3, 0.4) is 0 Å². The Morgan fingerprint density at radius 2 is 1.84 bits per heavy atom. The summed E-state index contributed by atoms with van der Waals surface area (Å²) in [7, 11) is 3.13. The second kappa shape index (κ2) is 8.89. The van der Waals surface area contributed by atoms with Crippen molar-refractivity contribution in [2.24, 2.45) is 0 Å². The van der Waals surface area contributed by atoms with E-state index in [9.17, 15) is 9.59 Å². The van der Waals surface area contributed by atoms with Crippen LogP contribution in [0, 0.1) is 0 Å². The Balaban J connectivity index is 1.94. The van der Waals surface area contributed by atoms with Gasteiger partial charge in [0.25, 0.3) is 0 Å². The van der Waals surface area contributed by atoms with Crippen molar-refractivity contribution in [1.82, 2.24) is 4.90 Å². The van der Waals surface area contributed by atoms with Gasteiger partial charge in [-0.25, -0.2) is 0 Å². The maximum atomic E-state index is 12.2. The molecular weight excluding hydrogens is 340 g/mol. The molecule has 0 bridgehead atoms. The third kappa shape index (κ3) is 5.36. The molecule has 5 nitrogen and oxygen atoms in total. The number of hydrogen-bond donors (Lipinski definition) is 1. The predicted molar refractivity (Wildman–Crippen MR) is 99.7 cm³/mol. The number of hydrogen-bond acceptors (Lipinski definition) is 3. The van der Waals surface area contributed by atoms with Gasteiger partial charge in [0.2, 0.25) is 11.8 Å². The minimum Gasteiger partial charge on any atom is -0.496 e. The van der Waals surface area contributed by atoms with Crippen LogP contribution >= 0.6 is 11.6 Å². The number of amides is 2. The Morgan fingerprint density at radius 3 is 2.56 bits per heavy atom. The molecule has 2 aromatic carbocycles. The van der Waals surface area contributed by atoms with Gasteiger partial charge in [0, 0.05) is 18.7 Å². The van der Waals surface area contributed by atoms with Crippen molar-refractivity contribution in [2.45, 2.75) is 0 Å².